The molecule has 0 saturated heterocycles. The van der Waals surface area contributed by atoms with Gasteiger partial charge in [-0.1, -0.05) is 53.0 Å². The highest BCUT2D eigenvalue weighted by Crippen LogP contribution is 2.54. The molecule has 0 aromatic heterocycles. The maximum atomic E-state index is 13.6. The van der Waals surface area contributed by atoms with Crippen LogP contribution in [-0.2, 0) is 6.18 Å². The molecule has 2 aromatic rings. The Labute approximate surface area is 163 Å². The van der Waals surface area contributed by atoms with Crippen LogP contribution in [0.4, 0.5) is 18.9 Å². The van der Waals surface area contributed by atoms with E-state index in [1.165, 1.54) is 0 Å². The molecule has 26 heavy (non-hydrogen) atoms. The zero-order chi connectivity index (χ0) is 18.6. The highest BCUT2D eigenvalue weighted by Gasteiger charge is 2.43. The molecule has 0 radical (unpaired) electrons. The molecule has 2 aromatic carbocycles. The second-order valence-corrected chi connectivity index (χ2v) is 7.84. The van der Waals surface area contributed by atoms with Crippen molar-refractivity contribution in [3.8, 4) is 0 Å². The van der Waals surface area contributed by atoms with Crippen molar-refractivity contribution in [2.24, 2.45) is 5.92 Å². The third kappa shape index (κ3) is 2.98. The summed E-state index contributed by atoms with van der Waals surface area (Å²) in [6.45, 7) is 0. The number of rotatable bonds is 1. The van der Waals surface area contributed by atoms with Crippen LogP contribution >= 0.6 is 34.8 Å². The largest absolute Gasteiger partial charge is 0.418 e. The molecule has 136 valence electrons. The summed E-state index contributed by atoms with van der Waals surface area (Å²) in [7, 11) is 0. The third-order valence-corrected chi connectivity index (χ3v) is 5.82. The molecule has 7 heteroatoms. The Morgan fingerprint density at radius 3 is 2.42 bits per heavy atom. The maximum absolute atomic E-state index is 13.6. The molecule has 0 amide bonds. The topological polar surface area (TPSA) is 12.0 Å². The Balaban J connectivity index is 1.89. The standard InChI is InChI=1S/C19H13Cl3F3N/c20-9-4-5-13(16(22)8-9)17-12-3-1-2-11(12)14-6-10(21)7-15(18(14)26-17)19(23,24)25/h1-2,4-8,11-12,17,26H,3H2. The van der Waals surface area contributed by atoms with E-state index in [4.69, 9.17) is 34.8 Å². The highest BCUT2D eigenvalue weighted by atomic mass is 35.5. The SMILES string of the molecule is FC(F)(F)c1cc(Cl)cc2c1NC(c1ccc(Cl)cc1Cl)C1CC=CC21. The molecule has 1 aliphatic heterocycles. The first kappa shape index (κ1) is 18.0. The number of fused-ring (bicyclic) bond motifs is 3. The van der Waals surface area contributed by atoms with Crippen LogP contribution < -0.4 is 5.32 Å². The molecule has 0 bridgehead atoms. The average molecular weight is 419 g/mol. The van der Waals surface area contributed by atoms with Gasteiger partial charge < -0.3 is 5.32 Å². The number of allylic oxidation sites excluding steroid dienone is 2. The Hall–Kier alpha value is -1.36. The van der Waals surface area contributed by atoms with Crippen molar-refractivity contribution in [2.45, 2.75) is 24.6 Å². The van der Waals surface area contributed by atoms with Crippen molar-refractivity contribution >= 4 is 40.5 Å². The van der Waals surface area contributed by atoms with Crippen LogP contribution in [-0.4, -0.2) is 0 Å². The van der Waals surface area contributed by atoms with E-state index in [0.29, 0.717) is 15.6 Å². The van der Waals surface area contributed by atoms with Crippen molar-refractivity contribution in [1.82, 2.24) is 0 Å². The van der Waals surface area contributed by atoms with Crippen molar-refractivity contribution < 1.29 is 13.2 Å². The van der Waals surface area contributed by atoms with Gasteiger partial charge >= 0.3 is 6.18 Å². The van der Waals surface area contributed by atoms with Crippen molar-refractivity contribution in [3.05, 3.63) is 74.2 Å². The Morgan fingerprint density at radius 2 is 1.73 bits per heavy atom. The predicted molar refractivity (Wildman–Crippen MR) is 99.3 cm³/mol. The van der Waals surface area contributed by atoms with E-state index >= 15 is 0 Å². The summed E-state index contributed by atoms with van der Waals surface area (Å²) in [4.78, 5) is 0. The quantitative estimate of drug-likeness (QED) is 0.473. The number of hydrogen-bond acceptors (Lipinski definition) is 1. The number of halogens is 6. The normalized spacial score (nSPS) is 24.2. The fourth-order valence-electron chi connectivity index (χ4n) is 3.95. The molecule has 1 N–H and O–H groups in total. The van der Waals surface area contributed by atoms with Gasteiger partial charge in [0.15, 0.2) is 0 Å². The van der Waals surface area contributed by atoms with Gasteiger partial charge in [-0.3, -0.25) is 0 Å². The van der Waals surface area contributed by atoms with Crippen LogP contribution in [0.5, 0.6) is 0 Å². The van der Waals surface area contributed by atoms with E-state index in [9.17, 15) is 13.2 Å². The van der Waals surface area contributed by atoms with Gasteiger partial charge in [0.2, 0.25) is 0 Å². The van der Waals surface area contributed by atoms with Gasteiger partial charge in [-0.15, -0.1) is 0 Å². The number of hydrogen-bond donors (Lipinski definition) is 1. The van der Waals surface area contributed by atoms with Gasteiger partial charge in [0.25, 0.3) is 0 Å². The fourth-order valence-corrected chi connectivity index (χ4v) is 4.70. The number of anilines is 1. The molecule has 3 unspecified atom stereocenters. The molecule has 2 aliphatic rings. The minimum Gasteiger partial charge on any atom is -0.377 e. The Kier molecular flexibility index (Phi) is 4.41. The first-order valence-corrected chi connectivity index (χ1v) is 9.18. The van der Waals surface area contributed by atoms with Gasteiger partial charge in [-0.05, 0) is 47.7 Å². The Bertz CT molecular complexity index is 908. The summed E-state index contributed by atoms with van der Waals surface area (Å²) in [5.74, 6) is -0.0940. The average Bonchev–Trinajstić information content (AvgIpc) is 3.03. The van der Waals surface area contributed by atoms with E-state index in [-0.39, 0.29) is 28.6 Å². The van der Waals surface area contributed by atoms with Gasteiger partial charge in [-0.2, -0.15) is 13.2 Å². The van der Waals surface area contributed by atoms with E-state index in [0.717, 1.165) is 18.1 Å². The monoisotopic (exact) mass is 417 g/mol. The van der Waals surface area contributed by atoms with Crippen LogP contribution in [0.2, 0.25) is 15.1 Å². The fraction of sp³-hybridized carbons (Fsp3) is 0.263. The molecule has 3 atom stereocenters. The van der Waals surface area contributed by atoms with Gasteiger partial charge in [0.05, 0.1) is 17.3 Å². The van der Waals surface area contributed by atoms with Gasteiger partial charge in [0, 0.05) is 21.0 Å². The number of benzene rings is 2. The molecule has 4 rings (SSSR count). The zero-order valence-electron chi connectivity index (χ0n) is 13.2. The minimum atomic E-state index is -4.51. The summed E-state index contributed by atoms with van der Waals surface area (Å²) in [5.41, 5.74) is 0.632. The van der Waals surface area contributed by atoms with Crippen LogP contribution in [0.3, 0.4) is 0 Å². The summed E-state index contributed by atoms with van der Waals surface area (Å²) in [6, 6.07) is 7.31. The number of nitrogens with one attached hydrogen (secondary N) is 1. The maximum Gasteiger partial charge on any atom is 0.418 e. The van der Waals surface area contributed by atoms with Crippen LogP contribution in [0.25, 0.3) is 0 Å². The zero-order valence-corrected chi connectivity index (χ0v) is 15.5. The first-order chi connectivity index (χ1) is 12.3. The summed E-state index contributed by atoms with van der Waals surface area (Å²) < 4.78 is 40.8. The van der Waals surface area contributed by atoms with Crippen molar-refractivity contribution in [1.29, 1.82) is 0 Å². The predicted octanol–water partition coefficient (Wildman–Crippen LogP) is 7.49. The lowest BCUT2D eigenvalue weighted by Crippen LogP contribution is -2.31. The van der Waals surface area contributed by atoms with Crippen molar-refractivity contribution in [2.75, 3.05) is 5.32 Å². The van der Waals surface area contributed by atoms with Crippen LogP contribution in [0.15, 0.2) is 42.5 Å². The van der Waals surface area contributed by atoms with E-state index in [1.807, 2.05) is 12.2 Å². The molecule has 1 nitrogen and oxygen atoms in total. The lowest BCUT2D eigenvalue weighted by molar-refractivity contribution is -0.137. The lowest BCUT2D eigenvalue weighted by Gasteiger charge is -2.39. The molecular formula is C19H13Cl3F3N. The first-order valence-electron chi connectivity index (χ1n) is 8.04. The number of alkyl halides is 3. The molecular weight excluding hydrogens is 406 g/mol. The molecule has 0 saturated carbocycles. The Morgan fingerprint density at radius 1 is 0.962 bits per heavy atom. The van der Waals surface area contributed by atoms with Crippen LogP contribution in [0, 0.1) is 5.92 Å². The van der Waals surface area contributed by atoms with E-state index in [2.05, 4.69) is 5.32 Å². The second-order valence-electron chi connectivity index (χ2n) is 6.56. The van der Waals surface area contributed by atoms with E-state index in [1.54, 1.807) is 24.3 Å². The minimum absolute atomic E-state index is 0.0562. The van der Waals surface area contributed by atoms with Gasteiger partial charge in [-0.25, -0.2) is 0 Å². The second kappa shape index (κ2) is 6.36. The van der Waals surface area contributed by atoms with Crippen molar-refractivity contribution in [3.63, 3.8) is 0 Å². The van der Waals surface area contributed by atoms with Crippen LogP contribution in [0.1, 0.15) is 35.1 Å². The van der Waals surface area contributed by atoms with E-state index < -0.39 is 11.7 Å². The summed E-state index contributed by atoms with van der Waals surface area (Å²) in [5, 5.41) is 4.11. The third-order valence-electron chi connectivity index (χ3n) is 5.04. The molecule has 1 aliphatic carbocycles. The molecule has 0 fully saturated rings. The lowest BCUT2D eigenvalue weighted by atomic mass is 9.76. The summed E-state index contributed by atoms with van der Waals surface area (Å²) >= 11 is 18.3. The highest BCUT2D eigenvalue weighted by molar-refractivity contribution is 6.35. The summed E-state index contributed by atoms with van der Waals surface area (Å²) in [6.07, 6.45) is 0.189. The smallest absolute Gasteiger partial charge is 0.377 e. The molecule has 1 heterocycles. The van der Waals surface area contributed by atoms with Gasteiger partial charge in [0.1, 0.15) is 0 Å². The molecule has 0 spiro atoms.